The fourth-order valence-corrected chi connectivity index (χ4v) is 4.03. The van der Waals surface area contributed by atoms with Crippen molar-refractivity contribution in [3.8, 4) is 0 Å². The molecule has 1 fully saturated rings. The van der Waals surface area contributed by atoms with Crippen molar-refractivity contribution in [2.24, 2.45) is 0 Å². The first-order valence-electron chi connectivity index (χ1n) is 11.5. The summed E-state index contributed by atoms with van der Waals surface area (Å²) in [7, 11) is 0. The van der Waals surface area contributed by atoms with Crippen molar-refractivity contribution in [1.29, 1.82) is 0 Å². The van der Waals surface area contributed by atoms with E-state index in [1.165, 1.54) is 27.7 Å². The number of hydrogen-bond donors (Lipinski definition) is 2. The van der Waals surface area contributed by atoms with Crippen molar-refractivity contribution in [2.75, 3.05) is 49.9 Å². The molecule has 2 aromatic rings. The second kappa shape index (κ2) is 11.1. The maximum Gasteiger partial charge on any atom is 0.330 e. The van der Waals surface area contributed by atoms with E-state index in [9.17, 15) is 23.6 Å². The number of aromatic amines is 1. The Morgan fingerprint density at radius 1 is 1.12 bits per heavy atom. The molecule has 2 heterocycles. The molecule has 0 saturated carbocycles. The highest BCUT2D eigenvalue weighted by Gasteiger charge is 2.28. The number of benzene rings is 1. The summed E-state index contributed by atoms with van der Waals surface area (Å²) in [5.41, 5.74) is 4.85. The Kier molecular flexibility index (Phi) is 8.21. The molecule has 0 radical (unpaired) electrons. The molecule has 0 spiro atoms. The fourth-order valence-electron chi connectivity index (χ4n) is 4.03. The summed E-state index contributed by atoms with van der Waals surface area (Å²) in [5, 5.41) is 0. The maximum absolute atomic E-state index is 14.0. The Morgan fingerprint density at radius 2 is 1.79 bits per heavy atom. The largest absolute Gasteiger partial charge is 0.383 e. The first-order chi connectivity index (χ1) is 16.3. The van der Waals surface area contributed by atoms with E-state index in [-0.39, 0.29) is 42.0 Å². The number of piperazine rings is 1. The summed E-state index contributed by atoms with van der Waals surface area (Å²) in [6.07, 6.45) is 1.54. The summed E-state index contributed by atoms with van der Waals surface area (Å²) in [6, 6.07) is 5.85. The summed E-state index contributed by atoms with van der Waals surface area (Å²) in [6.45, 7) is 5.79. The number of hydrogen-bond acceptors (Lipinski definition) is 6. The molecule has 1 saturated heterocycles. The van der Waals surface area contributed by atoms with Crippen molar-refractivity contribution in [2.45, 2.75) is 33.2 Å². The molecule has 3 N–H and O–H groups in total. The van der Waals surface area contributed by atoms with Gasteiger partial charge in [-0.25, -0.2) is 9.18 Å². The first kappa shape index (κ1) is 25.2. The number of amides is 2. The molecule has 0 aliphatic carbocycles. The predicted molar refractivity (Wildman–Crippen MR) is 127 cm³/mol. The number of carbonyl (C=O) groups excluding carboxylic acids is 2. The maximum atomic E-state index is 14.0. The monoisotopic (exact) mass is 474 g/mol. The molecule has 34 heavy (non-hydrogen) atoms. The molecule has 11 heteroatoms. The molecule has 1 aromatic carbocycles. The van der Waals surface area contributed by atoms with Gasteiger partial charge >= 0.3 is 5.69 Å². The SMILES string of the molecule is CCCCn1c(N)c(N(CC)C(=O)CN2CCN(C(=O)c3ccccc3F)CC2)c(=O)[nH]c1=O. The van der Waals surface area contributed by atoms with Crippen LogP contribution in [0.2, 0.25) is 0 Å². The Balaban J connectivity index is 1.69. The number of anilines is 2. The van der Waals surface area contributed by atoms with E-state index in [1.807, 2.05) is 11.8 Å². The van der Waals surface area contributed by atoms with Crippen LogP contribution in [-0.4, -0.2) is 70.4 Å². The van der Waals surface area contributed by atoms with Crippen LogP contribution in [0.4, 0.5) is 15.9 Å². The van der Waals surface area contributed by atoms with Crippen LogP contribution in [0.15, 0.2) is 33.9 Å². The molecular weight excluding hydrogens is 443 g/mol. The molecule has 2 amide bonds. The number of unbranched alkanes of at least 4 members (excludes halogenated alkanes) is 1. The van der Waals surface area contributed by atoms with E-state index in [1.54, 1.807) is 17.9 Å². The molecular formula is C23H31FN6O4. The average molecular weight is 475 g/mol. The molecule has 10 nitrogen and oxygen atoms in total. The zero-order valence-corrected chi connectivity index (χ0v) is 19.6. The second-order valence-corrected chi connectivity index (χ2v) is 8.18. The van der Waals surface area contributed by atoms with Gasteiger partial charge in [0.25, 0.3) is 11.5 Å². The first-order valence-corrected chi connectivity index (χ1v) is 11.5. The molecule has 3 rings (SSSR count). The van der Waals surface area contributed by atoms with E-state index in [0.29, 0.717) is 39.1 Å². The van der Waals surface area contributed by atoms with Crippen molar-refractivity contribution in [3.05, 3.63) is 56.5 Å². The lowest BCUT2D eigenvalue weighted by Crippen LogP contribution is -2.52. The standard InChI is InChI=1S/C23H31FN6O4/c1-3-5-10-30-20(25)19(21(32)26-23(30)34)29(4-2)18(31)15-27-11-13-28(14-12-27)22(33)16-8-6-7-9-17(16)24/h6-9H,3-5,10-15,25H2,1-2H3,(H,26,32,34). The highest BCUT2D eigenvalue weighted by atomic mass is 19.1. The minimum Gasteiger partial charge on any atom is -0.383 e. The fraction of sp³-hybridized carbons (Fsp3) is 0.478. The number of likely N-dealkylation sites (N-methyl/N-ethyl adjacent to an activating group) is 1. The molecule has 0 bridgehead atoms. The third-order valence-electron chi connectivity index (χ3n) is 5.96. The summed E-state index contributed by atoms with van der Waals surface area (Å²) in [4.78, 5) is 57.4. The third-order valence-corrected chi connectivity index (χ3v) is 5.96. The molecule has 1 aromatic heterocycles. The minimum atomic E-state index is -0.703. The van der Waals surface area contributed by atoms with E-state index >= 15 is 0 Å². The van der Waals surface area contributed by atoms with Gasteiger partial charge in [-0.3, -0.25) is 28.8 Å². The van der Waals surface area contributed by atoms with Gasteiger partial charge in [0, 0.05) is 39.3 Å². The van der Waals surface area contributed by atoms with Crippen LogP contribution in [0.3, 0.4) is 0 Å². The number of nitrogens with zero attached hydrogens (tertiary/aromatic N) is 4. The Morgan fingerprint density at radius 3 is 2.41 bits per heavy atom. The zero-order chi connectivity index (χ0) is 24.8. The Hall–Kier alpha value is -3.47. The van der Waals surface area contributed by atoms with Crippen LogP contribution in [0.25, 0.3) is 0 Å². The average Bonchev–Trinajstić information content (AvgIpc) is 2.81. The zero-order valence-electron chi connectivity index (χ0n) is 19.6. The lowest BCUT2D eigenvalue weighted by Gasteiger charge is -2.35. The summed E-state index contributed by atoms with van der Waals surface area (Å²) >= 11 is 0. The number of carbonyl (C=O) groups is 2. The molecule has 184 valence electrons. The highest BCUT2D eigenvalue weighted by Crippen LogP contribution is 2.18. The van der Waals surface area contributed by atoms with Gasteiger partial charge in [0.15, 0.2) is 5.69 Å². The molecule has 0 unspecified atom stereocenters. The van der Waals surface area contributed by atoms with Gasteiger partial charge in [0.1, 0.15) is 11.6 Å². The summed E-state index contributed by atoms with van der Waals surface area (Å²) in [5.74, 6) is -1.31. The third kappa shape index (κ3) is 5.36. The van der Waals surface area contributed by atoms with Gasteiger partial charge in [-0.1, -0.05) is 25.5 Å². The number of nitrogen functional groups attached to an aromatic ring is 1. The lowest BCUT2D eigenvalue weighted by molar-refractivity contribution is -0.120. The predicted octanol–water partition coefficient (Wildman–Crippen LogP) is 0.869. The quantitative estimate of drug-likeness (QED) is 0.585. The van der Waals surface area contributed by atoms with Gasteiger partial charge in [-0.2, -0.15) is 0 Å². The van der Waals surface area contributed by atoms with Crippen molar-refractivity contribution >= 4 is 23.3 Å². The number of nitrogens with one attached hydrogen (secondary N) is 1. The second-order valence-electron chi connectivity index (χ2n) is 8.18. The van der Waals surface area contributed by atoms with E-state index in [2.05, 4.69) is 4.98 Å². The van der Waals surface area contributed by atoms with Gasteiger partial charge in [0.2, 0.25) is 5.91 Å². The van der Waals surface area contributed by atoms with Gasteiger partial charge in [-0.15, -0.1) is 0 Å². The Labute approximate surface area is 196 Å². The number of halogens is 1. The molecule has 1 aliphatic rings. The van der Waals surface area contributed by atoms with Crippen LogP contribution in [0.5, 0.6) is 0 Å². The smallest absolute Gasteiger partial charge is 0.330 e. The van der Waals surface area contributed by atoms with Gasteiger partial charge < -0.3 is 15.5 Å². The highest BCUT2D eigenvalue weighted by molar-refractivity contribution is 5.97. The summed E-state index contributed by atoms with van der Waals surface area (Å²) < 4.78 is 15.2. The Bertz CT molecular complexity index is 1150. The number of aromatic nitrogens is 2. The number of rotatable bonds is 8. The van der Waals surface area contributed by atoms with Crippen molar-refractivity contribution in [1.82, 2.24) is 19.4 Å². The topological polar surface area (TPSA) is 125 Å². The number of H-pyrrole nitrogens is 1. The van der Waals surface area contributed by atoms with Gasteiger partial charge in [0.05, 0.1) is 12.1 Å². The van der Waals surface area contributed by atoms with E-state index in [0.717, 1.165) is 6.42 Å². The van der Waals surface area contributed by atoms with Gasteiger partial charge in [-0.05, 0) is 25.5 Å². The van der Waals surface area contributed by atoms with Crippen LogP contribution < -0.4 is 21.9 Å². The number of nitrogens with two attached hydrogens (primary N) is 1. The molecule has 0 atom stereocenters. The van der Waals surface area contributed by atoms with E-state index < -0.39 is 17.1 Å². The van der Waals surface area contributed by atoms with Crippen LogP contribution in [-0.2, 0) is 11.3 Å². The normalized spacial score (nSPS) is 14.3. The lowest BCUT2D eigenvalue weighted by atomic mass is 10.1. The minimum absolute atomic E-state index is 0.0164. The van der Waals surface area contributed by atoms with E-state index in [4.69, 9.17) is 5.73 Å². The van der Waals surface area contributed by atoms with Crippen LogP contribution >= 0.6 is 0 Å². The van der Waals surface area contributed by atoms with Crippen LogP contribution in [0, 0.1) is 5.82 Å². The van der Waals surface area contributed by atoms with Crippen molar-refractivity contribution < 1.29 is 14.0 Å². The molecule has 1 aliphatic heterocycles. The van der Waals surface area contributed by atoms with Crippen molar-refractivity contribution in [3.63, 3.8) is 0 Å². The van der Waals surface area contributed by atoms with Crippen LogP contribution in [0.1, 0.15) is 37.0 Å².